The van der Waals surface area contributed by atoms with Crippen LogP contribution in [0.4, 0.5) is 18.9 Å². The average Bonchev–Trinajstić information content (AvgIpc) is 2.30. The molecule has 0 heterocycles. The van der Waals surface area contributed by atoms with E-state index in [2.05, 4.69) is 26.0 Å². The van der Waals surface area contributed by atoms with Crippen molar-refractivity contribution in [3.63, 3.8) is 0 Å². The summed E-state index contributed by atoms with van der Waals surface area (Å²) in [6.45, 7) is 0.145. The van der Waals surface area contributed by atoms with Gasteiger partial charge < -0.3 is 10.1 Å². The molecule has 0 unspecified atom stereocenters. The molecule has 0 aromatic heterocycles. The summed E-state index contributed by atoms with van der Waals surface area (Å²) in [5, 5.41) is 3.03. The Morgan fingerprint density at radius 2 is 2.10 bits per heavy atom. The van der Waals surface area contributed by atoms with E-state index in [1.165, 1.54) is 0 Å². The fourth-order valence-corrected chi connectivity index (χ4v) is 2.03. The number of carbonyl (C=O) groups excluding carboxylic acids is 1. The van der Waals surface area contributed by atoms with Crippen molar-refractivity contribution in [1.29, 1.82) is 0 Å². The topological polar surface area (TPSA) is 38.3 Å². The Hall–Kier alpha value is -0.790. The monoisotopic (exact) mass is 373 g/mol. The number of anilines is 1. The van der Waals surface area contributed by atoms with E-state index in [1.54, 1.807) is 12.1 Å². The Morgan fingerprint density at radius 1 is 1.45 bits per heavy atom. The zero-order valence-electron chi connectivity index (χ0n) is 10.5. The third-order valence-electron chi connectivity index (χ3n) is 2.26. The number of carbonyl (C=O) groups is 1. The molecule has 0 aliphatic rings. The molecule has 1 rings (SSSR count). The number of halogens is 5. The van der Waals surface area contributed by atoms with Gasteiger partial charge in [-0.05, 0) is 40.5 Å². The molecule has 0 aliphatic carbocycles. The number of benzene rings is 1. The number of aryl methyl sites for hydroxylation is 1. The molecule has 0 radical (unpaired) electrons. The molecular formula is C12H12BrClF3NO2. The molecule has 0 spiro atoms. The Bertz CT molecular complexity index is 494. The minimum absolute atomic E-state index is 0.173. The van der Waals surface area contributed by atoms with E-state index in [0.717, 1.165) is 5.56 Å². The number of hydrogen-bond donors (Lipinski definition) is 1. The van der Waals surface area contributed by atoms with Gasteiger partial charge in [-0.25, -0.2) is 0 Å². The molecule has 8 heteroatoms. The Kier molecular flexibility index (Phi) is 6.29. The van der Waals surface area contributed by atoms with Crippen molar-refractivity contribution in [2.24, 2.45) is 0 Å². The van der Waals surface area contributed by atoms with Crippen LogP contribution in [0.2, 0.25) is 5.02 Å². The van der Waals surface area contributed by atoms with Gasteiger partial charge in [0.15, 0.2) is 0 Å². The first-order valence-electron chi connectivity index (χ1n) is 5.59. The molecule has 3 nitrogen and oxygen atoms in total. The molecule has 0 atom stereocenters. The van der Waals surface area contributed by atoms with E-state index in [0.29, 0.717) is 15.2 Å². The van der Waals surface area contributed by atoms with Crippen LogP contribution in [0.15, 0.2) is 16.6 Å². The number of ether oxygens (including phenoxy) is 1. The third kappa shape index (κ3) is 6.11. The van der Waals surface area contributed by atoms with Crippen molar-refractivity contribution < 1.29 is 22.7 Å². The first-order chi connectivity index (χ1) is 9.19. The summed E-state index contributed by atoms with van der Waals surface area (Å²) in [6, 6.07) is 3.30. The zero-order chi connectivity index (χ0) is 15.3. The number of hydrogen-bond acceptors (Lipinski definition) is 2. The van der Waals surface area contributed by atoms with Gasteiger partial charge in [0.25, 0.3) is 0 Å². The zero-order valence-corrected chi connectivity index (χ0v) is 12.8. The van der Waals surface area contributed by atoms with Crippen LogP contribution in [-0.4, -0.2) is 25.3 Å². The van der Waals surface area contributed by atoms with Crippen LogP contribution in [0.5, 0.6) is 0 Å². The number of amides is 1. The van der Waals surface area contributed by atoms with Crippen molar-refractivity contribution in [3.05, 3.63) is 27.2 Å². The second-order valence-corrected chi connectivity index (χ2v) is 5.31. The summed E-state index contributed by atoms with van der Waals surface area (Å²) in [5.74, 6) is -0.451. The van der Waals surface area contributed by atoms with E-state index in [4.69, 9.17) is 11.6 Å². The van der Waals surface area contributed by atoms with Crippen LogP contribution in [0.3, 0.4) is 0 Å². The summed E-state index contributed by atoms with van der Waals surface area (Å²) < 4.78 is 40.4. The van der Waals surface area contributed by atoms with Crippen LogP contribution < -0.4 is 5.32 Å². The van der Waals surface area contributed by atoms with Crippen molar-refractivity contribution in [1.82, 2.24) is 0 Å². The highest BCUT2D eigenvalue weighted by molar-refractivity contribution is 9.10. The molecule has 1 amide bonds. The predicted octanol–water partition coefficient (Wildman–Crippen LogP) is 4.32. The highest BCUT2D eigenvalue weighted by Crippen LogP contribution is 2.29. The average molecular weight is 375 g/mol. The SMILES string of the molecule is Cc1cc(Br)c(NC(=O)CCOCC(F)(F)F)cc1Cl. The molecule has 1 N–H and O–H groups in total. The lowest BCUT2D eigenvalue weighted by Crippen LogP contribution is -2.20. The van der Waals surface area contributed by atoms with E-state index < -0.39 is 18.7 Å². The van der Waals surface area contributed by atoms with Gasteiger partial charge in [-0.15, -0.1) is 0 Å². The van der Waals surface area contributed by atoms with E-state index >= 15 is 0 Å². The lowest BCUT2D eigenvalue weighted by Gasteiger charge is -2.10. The normalized spacial score (nSPS) is 11.5. The van der Waals surface area contributed by atoms with Crippen molar-refractivity contribution >= 4 is 39.1 Å². The maximum absolute atomic E-state index is 11.8. The predicted molar refractivity (Wildman–Crippen MR) is 74.0 cm³/mol. The Morgan fingerprint density at radius 3 is 2.70 bits per heavy atom. The third-order valence-corrected chi connectivity index (χ3v) is 3.32. The molecule has 0 saturated heterocycles. The smallest absolute Gasteiger partial charge is 0.372 e. The number of alkyl halides is 3. The van der Waals surface area contributed by atoms with Crippen molar-refractivity contribution in [2.45, 2.75) is 19.5 Å². The summed E-state index contributed by atoms with van der Waals surface area (Å²) in [7, 11) is 0. The second-order valence-electron chi connectivity index (χ2n) is 4.05. The summed E-state index contributed by atoms with van der Waals surface area (Å²) in [6.07, 6.45) is -4.56. The molecule has 0 bridgehead atoms. The van der Waals surface area contributed by atoms with E-state index in [9.17, 15) is 18.0 Å². The first-order valence-corrected chi connectivity index (χ1v) is 6.76. The standard InChI is InChI=1S/C12H12BrClF3NO2/c1-7-4-8(13)10(5-9(7)14)18-11(19)2-3-20-6-12(15,16)17/h4-5H,2-3,6H2,1H3,(H,18,19). The largest absolute Gasteiger partial charge is 0.411 e. The molecule has 1 aromatic rings. The van der Waals surface area contributed by atoms with Gasteiger partial charge >= 0.3 is 6.18 Å². The second kappa shape index (κ2) is 7.28. The molecule has 0 fully saturated rings. The molecule has 1 aromatic carbocycles. The van der Waals surface area contributed by atoms with Gasteiger partial charge in [0.1, 0.15) is 6.61 Å². The van der Waals surface area contributed by atoms with Gasteiger partial charge in [-0.1, -0.05) is 11.6 Å². The summed E-state index contributed by atoms with van der Waals surface area (Å²) in [5.41, 5.74) is 1.30. The van der Waals surface area contributed by atoms with E-state index in [-0.39, 0.29) is 13.0 Å². The highest BCUT2D eigenvalue weighted by Gasteiger charge is 2.27. The molecular weight excluding hydrogens is 362 g/mol. The first kappa shape index (κ1) is 17.3. The van der Waals surface area contributed by atoms with Gasteiger partial charge in [0, 0.05) is 9.50 Å². The van der Waals surface area contributed by atoms with Gasteiger partial charge in [-0.3, -0.25) is 4.79 Å². The minimum Gasteiger partial charge on any atom is -0.372 e. The molecule has 0 saturated carbocycles. The maximum atomic E-state index is 11.8. The summed E-state index contributed by atoms with van der Waals surface area (Å²) in [4.78, 5) is 11.5. The number of nitrogens with one attached hydrogen (secondary N) is 1. The molecule has 112 valence electrons. The number of rotatable bonds is 5. The van der Waals surface area contributed by atoms with Crippen molar-refractivity contribution in [2.75, 3.05) is 18.5 Å². The van der Waals surface area contributed by atoms with Gasteiger partial charge in [-0.2, -0.15) is 13.2 Å². The fourth-order valence-electron chi connectivity index (χ4n) is 1.31. The van der Waals surface area contributed by atoms with Gasteiger partial charge in [0.2, 0.25) is 5.91 Å². The van der Waals surface area contributed by atoms with Crippen LogP contribution >= 0.6 is 27.5 Å². The van der Waals surface area contributed by atoms with Crippen LogP contribution in [-0.2, 0) is 9.53 Å². The van der Waals surface area contributed by atoms with Gasteiger partial charge in [0.05, 0.1) is 18.7 Å². The molecule has 20 heavy (non-hydrogen) atoms. The van der Waals surface area contributed by atoms with Crippen LogP contribution in [0.25, 0.3) is 0 Å². The highest BCUT2D eigenvalue weighted by atomic mass is 79.9. The molecule has 0 aliphatic heterocycles. The lowest BCUT2D eigenvalue weighted by atomic mass is 10.2. The van der Waals surface area contributed by atoms with Crippen LogP contribution in [0, 0.1) is 6.92 Å². The van der Waals surface area contributed by atoms with Crippen molar-refractivity contribution in [3.8, 4) is 0 Å². The summed E-state index contributed by atoms with van der Waals surface area (Å²) >= 11 is 9.19. The minimum atomic E-state index is -4.38. The fraction of sp³-hybridized carbons (Fsp3) is 0.417. The Balaban J connectivity index is 2.45. The Labute approximate surface area is 127 Å². The van der Waals surface area contributed by atoms with Crippen LogP contribution in [0.1, 0.15) is 12.0 Å². The lowest BCUT2D eigenvalue weighted by molar-refractivity contribution is -0.174. The quantitative estimate of drug-likeness (QED) is 0.780. The maximum Gasteiger partial charge on any atom is 0.411 e. The van der Waals surface area contributed by atoms with E-state index in [1.807, 2.05) is 6.92 Å².